The summed E-state index contributed by atoms with van der Waals surface area (Å²) in [6, 6.07) is 8.13. The second kappa shape index (κ2) is 5.70. The summed E-state index contributed by atoms with van der Waals surface area (Å²) < 4.78 is 0. The molecule has 0 aliphatic rings. The number of carboxylic acid groups (broad SMARTS) is 1. The van der Waals surface area contributed by atoms with Crippen LogP contribution in [0.15, 0.2) is 35.7 Å². The van der Waals surface area contributed by atoms with Crippen molar-refractivity contribution in [3.05, 3.63) is 56.3 Å². The maximum atomic E-state index is 11.2. The Balaban J connectivity index is 2.42. The largest absolute Gasteiger partial charge is 0.477 e. The van der Waals surface area contributed by atoms with Gasteiger partial charge in [-0.2, -0.15) is 0 Å². The number of hydrogen-bond donors (Lipinski definition) is 1. The lowest BCUT2D eigenvalue weighted by atomic mass is 10.1. The Morgan fingerprint density at radius 3 is 2.70 bits per heavy atom. The molecule has 0 unspecified atom stereocenters. The fourth-order valence-electron chi connectivity index (χ4n) is 1.93. The number of anilines is 1. The molecule has 0 amide bonds. The Morgan fingerprint density at radius 1 is 1.40 bits per heavy atom. The molecule has 0 saturated carbocycles. The van der Waals surface area contributed by atoms with Crippen LogP contribution in [0.3, 0.4) is 0 Å². The van der Waals surface area contributed by atoms with Gasteiger partial charge in [-0.15, -0.1) is 11.3 Å². The number of rotatable bonds is 5. The van der Waals surface area contributed by atoms with Gasteiger partial charge in [0, 0.05) is 11.9 Å². The van der Waals surface area contributed by atoms with Crippen molar-refractivity contribution >= 4 is 28.7 Å². The summed E-state index contributed by atoms with van der Waals surface area (Å²) in [6.45, 7) is 0.488. The van der Waals surface area contributed by atoms with Crippen LogP contribution in [-0.4, -0.2) is 23.0 Å². The minimum Gasteiger partial charge on any atom is -0.477 e. The molecule has 0 saturated heterocycles. The van der Waals surface area contributed by atoms with Gasteiger partial charge < -0.3 is 10.0 Å². The quantitative estimate of drug-likeness (QED) is 0.676. The van der Waals surface area contributed by atoms with Crippen LogP contribution in [0.1, 0.15) is 15.2 Å². The maximum absolute atomic E-state index is 11.2. The summed E-state index contributed by atoms with van der Waals surface area (Å²) in [5.41, 5.74) is -0.382. The molecule has 0 radical (unpaired) electrons. The Bertz CT molecular complexity index is 640. The van der Waals surface area contributed by atoms with Crippen molar-refractivity contribution in [2.24, 2.45) is 0 Å². The van der Waals surface area contributed by atoms with Crippen LogP contribution in [-0.2, 0) is 6.54 Å². The van der Waals surface area contributed by atoms with Gasteiger partial charge >= 0.3 is 11.7 Å². The van der Waals surface area contributed by atoms with Crippen molar-refractivity contribution in [2.75, 3.05) is 11.9 Å². The van der Waals surface area contributed by atoms with Crippen molar-refractivity contribution in [2.45, 2.75) is 6.54 Å². The minimum atomic E-state index is -1.30. The molecule has 0 aliphatic carbocycles. The number of carbonyl (C=O) groups is 1. The zero-order valence-electron chi connectivity index (χ0n) is 10.6. The number of nitro benzene ring substituents is 1. The molecule has 2 rings (SSSR count). The third-order valence-electron chi connectivity index (χ3n) is 2.81. The molecule has 1 heterocycles. The lowest BCUT2D eigenvalue weighted by Crippen LogP contribution is -2.18. The molecule has 20 heavy (non-hydrogen) atoms. The average molecular weight is 292 g/mol. The molecule has 2 aromatic rings. The molecule has 1 N–H and O–H groups in total. The van der Waals surface area contributed by atoms with Crippen molar-refractivity contribution in [1.82, 2.24) is 0 Å². The molecule has 0 aliphatic heterocycles. The van der Waals surface area contributed by atoms with Gasteiger partial charge in [0.1, 0.15) is 11.3 Å². The lowest BCUT2D eigenvalue weighted by molar-refractivity contribution is -0.384. The summed E-state index contributed by atoms with van der Waals surface area (Å²) >= 11 is 1.54. The first-order chi connectivity index (χ1) is 9.50. The Morgan fingerprint density at radius 2 is 2.15 bits per heavy atom. The van der Waals surface area contributed by atoms with E-state index in [0.29, 0.717) is 12.2 Å². The molecular weight excluding hydrogens is 280 g/mol. The van der Waals surface area contributed by atoms with E-state index in [1.54, 1.807) is 29.4 Å². The highest BCUT2D eigenvalue weighted by Crippen LogP contribution is 2.32. The minimum absolute atomic E-state index is 0.295. The second-order valence-electron chi connectivity index (χ2n) is 4.17. The zero-order chi connectivity index (χ0) is 14.7. The standard InChI is InChI=1S/C13H12N2O4S/c1-14(8-9-4-3-7-20-9)11-6-2-5-10(13(16)17)12(11)15(18)19/h2-7H,8H2,1H3,(H,16,17). The Labute approximate surface area is 119 Å². The van der Waals surface area contributed by atoms with Crippen LogP contribution >= 0.6 is 11.3 Å². The predicted octanol–water partition coefficient (Wildman–Crippen LogP) is 2.99. The third kappa shape index (κ3) is 2.77. The summed E-state index contributed by atoms with van der Waals surface area (Å²) in [5.74, 6) is -1.30. The van der Waals surface area contributed by atoms with E-state index in [2.05, 4.69) is 0 Å². The molecule has 1 aromatic carbocycles. The van der Waals surface area contributed by atoms with Gasteiger partial charge in [-0.05, 0) is 23.6 Å². The summed E-state index contributed by atoms with van der Waals surface area (Å²) in [7, 11) is 1.70. The molecule has 6 nitrogen and oxygen atoms in total. The molecule has 0 atom stereocenters. The number of carboxylic acids is 1. The van der Waals surface area contributed by atoms with Gasteiger partial charge in [0.2, 0.25) is 0 Å². The van der Waals surface area contributed by atoms with Gasteiger partial charge in [0.15, 0.2) is 0 Å². The van der Waals surface area contributed by atoms with Crippen LogP contribution in [0.25, 0.3) is 0 Å². The molecule has 0 fully saturated rings. The van der Waals surface area contributed by atoms with Crippen LogP contribution in [0.2, 0.25) is 0 Å². The van der Waals surface area contributed by atoms with Crippen LogP contribution in [0, 0.1) is 10.1 Å². The van der Waals surface area contributed by atoms with Gasteiger partial charge in [-0.3, -0.25) is 10.1 Å². The number of thiophene rings is 1. The number of nitrogens with zero attached hydrogens (tertiary/aromatic N) is 2. The van der Waals surface area contributed by atoms with E-state index in [1.807, 2.05) is 17.5 Å². The molecule has 7 heteroatoms. The molecular formula is C13H12N2O4S. The highest BCUT2D eigenvalue weighted by atomic mass is 32.1. The van der Waals surface area contributed by atoms with Crippen LogP contribution in [0.4, 0.5) is 11.4 Å². The number of hydrogen-bond acceptors (Lipinski definition) is 5. The first-order valence-electron chi connectivity index (χ1n) is 5.75. The van der Waals surface area contributed by atoms with Gasteiger partial charge in [-0.25, -0.2) is 4.79 Å². The Kier molecular flexibility index (Phi) is 3.99. The zero-order valence-corrected chi connectivity index (χ0v) is 11.5. The first kappa shape index (κ1) is 14.0. The Hall–Kier alpha value is -2.41. The van der Waals surface area contributed by atoms with E-state index >= 15 is 0 Å². The maximum Gasteiger partial charge on any atom is 0.342 e. The summed E-state index contributed by atoms with van der Waals surface area (Å²) in [5, 5.41) is 22.2. The van der Waals surface area contributed by atoms with E-state index < -0.39 is 10.9 Å². The van der Waals surface area contributed by atoms with Crippen molar-refractivity contribution < 1.29 is 14.8 Å². The highest BCUT2D eigenvalue weighted by Gasteiger charge is 2.26. The van der Waals surface area contributed by atoms with Crippen molar-refractivity contribution in [3.63, 3.8) is 0 Å². The molecule has 0 spiro atoms. The van der Waals surface area contributed by atoms with Gasteiger partial charge in [-0.1, -0.05) is 12.1 Å². The number of para-hydroxylation sites is 1. The highest BCUT2D eigenvalue weighted by molar-refractivity contribution is 7.09. The summed E-state index contributed by atoms with van der Waals surface area (Å²) in [4.78, 5) is 24.3. The van der Waals surface area contributed by atoms with Crippen molar-refractivity contribution in [1.29, 1.82) is 0 Å². The molecule has 1 aromatic heterocycles. The fraction of sp³-hybridized carbons (Fsp3) is 0.154. The second-order valence-corrected chi connectivity index (χ2v) is 5.20. The van der Waals surface area contributed by atoms with Gasteiger partial charge in [0.25, 0.3) is 0 Å². The topological polar surface area (TPSA) is 83.7 Å². The molecule has 0 bridgehead atoms. The van der Waals surface area contributed by atoms with E-state index in [9.17, 15) is 14.9 Å². The molecule has 104 valence electrons. The smallest absolute Gasteiger partial charge is 0.342 e. The van der Waals surface area contributed by atoms with Gasteiger partial charge in [0.05, 0.1) is 11.5 Å². The third-order valence-corrected chi connectivity index (χ3v) is 3.67. The SMILES string of the molecule is CN(Cc1cccs1)c1cccc(C(=O)O)c1[N+](=O)[O-]. The monoisotopic (exact) mass is 292 g/mol. The predicted molar refractivity (Wildman–Crippen MR) is 76.5 cm³/mol. The number of nitro groups is 1. The van der Waals surface area contributed by atoms with E-state index in [1.165, 1.54) is 12.1 Å². The average Bonchev–Trinajstić information content (AvgIpc) is 2.90. The van der Waals surface area contributed by atoms with Crippen LogP contribution in [0.5, 0.6) is 0 Å². The fourth-order valence-corrected chi connectivity index (χ4v) is 2.68. The number of benzene rings is 1. The van der Waals surface area contributed by atoms with E-state index in [0.717, 1.165) is 4.88 Å². The number of aromatic carboxylic acids is 1. The van der Waals surface area contributed by atoms with E-state index in [-0.39, 0.29) is 11.3 Å². The van der Waals surface area contributed by atoms with E-state index in [4.69, 9.17) is 5.11 Å². The summed E-state index contributed by atoms with van der Waals surface area (Å²) in [6.07, 6.45) is 0. The lowest BCUT2D eigenvalue weighted by Gasteiger charge is -2.18. The van der Waals surface area contributed by atoms with Crippen LogP contribution < -0.4 is 4.90 Å². The normalized spacial score (nSPS) is 10.2. The first-order valence-corrected chi connectivity index (χ1v) is 6.63. The van der Waals surface area contributed by atoms with Crippen molar-refractivity contribution in [3.8, 4) is 0 Å².